The van der Waals surface area contributed by atoms with Gasteiger partial charge in [-0.2, -0.15) is 5.10 Å². The van der Waals surface area contributed by atoms with Crippen LogP contribution in [-0.2, 0) is 16.1 Å². The molecule has 0 radical (unpaired) electrons. The largest absolute Gasteiger partial charge is 0.381 e. The summed E-state index contributed by atoms with van der Waals surface area (Å²) in [6, 6.07) is 10.6. The summed E-state index contributed by atoms with van der Waals surface area (Å²) < 4.78 is 7.32. The fourth-order valence-electron chi connectivity index (χ4n) is 4.04. The van der Waals surface area contributed by atoms with E-state index in [2.05, 4.69) is 27.4 Å². The van der Waals surface area contributed by atoms with Gasteiger partial charge in [0.15, 0.2) is 0 Å². The molecule has 1 amide bonds. The summed E-state index contributed by atoms with van der Waals surface area (Å²) in [5, 5.41) is 7.44. The van der Waals surface area contributed by atoms with Crippen LogP contribution in [-0.4, -0.2) is 52.4 Å². The van der Waals surface area contributed by atoms with Gasteiger partial charge in [-0.3, -0.25) is 14.4 Å². The van der Waals surface area contributed by atoms with E-state index in [0.717, 1.165) is 51.1 Å². The van der Waals surface area contributed by atoms with Gasteiger partial charge in [-0.1, -0.05) is 30.3 Å². The highest BCUT2D eigenvalue weighted by Crippen LogP contribution is 2.26. The minimum atomic E-state index is -0.0319. The Morgan fingerprint density at radius 1 is 1.19 bits per heavy atom. The number of likely N-dealkylation sites (tertiary alicyclic amines) is 1. The number of rotatable bonds is 5. The van der Waals surface area contributed by atoms with Crippen LogP contribution in [0.25, 0.3) is 0 Å². The number of carbonyl (C=O) groups excluding carboxylic acids is 1. The number of benzene rings is 1. The van der Waals surface area contributed by atoms with Crippen molar-refractivity contribution < 1.29 is 9.53 Å². The Kier molecular flexibility index (Phi) is 5.32. The summed E-state index contributed by atoms with van der Waals surface area (Å²) in [6.45, 7) is 3.33. The van der Waals surface area contributed by atoms with Crippen molar-refractivity contribution in [2.24, 2.45) is 0 Å². The number of nitrogens with one attached hydrogen (secondary N) is 1. The van der Waals surface area contributed by atoms with Gasteiger partial charge in [0, 0.05) is 25.5 Å². The van der Waals surface area contributed by atoms with Gasteiger partial charge in [0.05, 0.1) is 24.5 Å². The normalized spacial score (nSPS) is 21.8. The fourth-order valence-corrected chi connectivity index (χ4v) is 4.04. The maximum absolute atomic E-state index is 12.8. The minimum absolute atomic E-state index is 0.0319. The molecule has 0 saturated carbocycles. The molecular formula is C20H26N4O2. The van der Waals surface area contributed by atoms with E-state index in [0.29, 0.717) is 12.6 Å². The van der Waals surface area contributed by atoms with Crippen molar-refractivity contribution in [1.82, 2.24) is 14.7 Å². The first-order valence-corrected chi connectivity index (χ1v) is 9.50. The van der Waals surface area contributed by atoms with Crippen LogP contribution >= 0.6 is 0 Å². The molecule has 1 aromatic carbocycles. The van der Waals surface area contributed by atoms with Gasteiger partial charge < -0.3 is 10.1 Å². The van der Waals surface area contributed by atoms with E-state index in [1.807, 2.05) is 29.1 Å². The monoisotopic (exact) mass is 354 g/mol. The molecule has 6 heteroatoms. The summed E-state index contributed by atoms with van der Waals surface area (Å²) in [5.74, 6) is 0.0910. The molecule has 0 bridgehead atoms. The van der Waals surface area contributed by atoms with Gasteiger partial charge in [0.1, 0.15) is 0 Å². The van der Waals surface area contributed by atoms with E-state index in [4.69, 9.17) is 4.74 Å². The Hall–Kier alpha value is -2.18. The van der Waals surface area contributed by atoms with Gasteiger partial charge in [0.25, 0.3) is 0 Å². The van der Waals surface area contributed by atoms with Crippen molar-refractivity contribution in [3.8, 4) is 0 Å². The van der Waals surface area contributed by atoms with Gasteiger partial charge >= 0.3 is 0 Å². The van der Waals surface area contributed by atoms with Gasteiger partial charge in [0.2, 0.25) is 5.91 Å². The fraction of sp³-hybridized carbons (Fsp3) is 0.500. The predicted octanol–water partition coefficient (Wildman–Crippen LogP) is 2.51. The molecular weight excluding hydrogens is 328 g/mol. The highest BCUT2D eigenvalue weighted by Gasteiger charge is 2.36. The van der Waals surface area contributed by atoms with Crippen LogP contribution < -0.4 is 5.32 Å². The van der Waals surface area contributed by atoms with Gasteiger partial charge in [-0.25, -0.2) is 0 Å². The van der Waals surface area contributed by atoms with Crippen LogP contribution in [0.2, 0.25) is 0 Å². The summed E-state index contributed by atoms with van der Waals surface area (Å²) in [5.41, 5.74) is 1.96. The number of anilines is 1. The maximum Gasteiger partial charge on any atom is 0.241 e. The average Bonchev–Trinajstić information content (AvgIpc) is 3.33. The molecule has 2 fully saturated rings. The van der Waals surface area contributed by atoms with Crippen LogP contribution in [0.1, 0.15) is 31.2 Å². The van der Waals surface area contributed by atoms with Crippen LogP contribution in [0, 0.1) is 0 Å². The Labute approximate surface area is 154 Å². The van der Waals surface area contributed by atoms with Gasteiger partial charge in [-0.15, -0.1) is 0 Å². The number of aromatic nitrogens is 2. The third-order valence-corrected chi connectivity index (χ3v) is 5.34. The first-order chi connectivity index (χ1) is 12.8. The lowest BCUT2D eigenvalue weighted by molar-refractivity contribution is -0.121. The lowest BCUT2D eigenvalue weighted by Crippen LogP contribution is -2.47. The van der Waals surface area contributed by atoms with E-state index >= 15 is 0 Å². The summed E-state index contributed by atoms with van der Waals surface area (Å²) in [6.07, 6.45) is 7.70. The number of nitrogens with zero attached hydrogens (tertiary/aromatic N) is 3. The van der Waals surface area contributed by atoms with Crippen molar-refractivity contribution in [3.05, 3.63) is 48.3 Å². The molecule has 4 rings (SSSR count). The van der Waals surface area contributed by atoms with Crippen molar-refractivity contribution in [2.45, 2.75) is 44.3 Å². The smallest absolute Gasteiger partial charge is 0.241 e. The molecule has 26 heavy (non-hydrogen) atoms. The minimum Gasteiger partial charge on any atom is -0.381 e. The zero-order valence-corrected chi connectivity index (χ0v) is 15.0. The second-order valence-corrected chi connectivity index (χ2v) is 7.14. The number of ether oxygens (including phenoxy) is 1. The van der Waals surface area contributed by atoms with Crippen LogP contribution in [0.4, 0.5) is 5.69 Å². The second kappa shape index (κ2) is 8.01. The third-order valence-electron chi connectivity index (χ3n) is 5.34. The topological polar surface area (TPSA) is 59.4 Å². The lowest BCUT2D eigenvalue weighted by atomic mass is 10.1. The molecule has 1 N–H and O–H groups in total. The van der Waals surface area contributed by atoms with Crippen molar-refractivity contribution in [3.63, 3.8) is 0 Å². The van der Waals surface area contributed by atoms with E-state index in [-0.39, 0.29) is 11.9 Å². The van der Waals surface area contributed by atoms with Gasteiger partial charge in [-0.05, 0) is 37.8 Å². The molecule has 0 aliphatic carbocycles. The standard InChI is InChI=1S/C20H26N4O2/c25-20(19-7-4-10-24(19)18-8-11-26-12-9-18)22-17-13-21-23(15-17)14-16-5-2-1-3-6-16/h1-3,5-6,13,15,18-19H,4,7-12,14H2,(H,22,25). The number of carbonyl (C=O) groups is 1. The second-order valence-electron chi connectivity index (χ2n) is 7.14. The van der Waals surface area contributed by atoms with Crippen molar-refractivity contribution >= 4 is 11.6 Å². The van der Waals surface area contributed by atoms with Crippen LogP contribution in [0.15, 0.2) is 42.7 Å². The Morgan fingerprint density at radius 3 is 2.81 bits per heavy atom. The number of hydrogen-bond acceptors (Lipinski definition) is 4. The molecule has 6 nitrogen and oxygen atoms in total. The molecule has 2 aromatic rings. The van der Waals surface area contributed by atoms with E-state index < -0.39 is 0 Å². The maximum atomic E-state index is 12.8. The molecule has 1 atom stereocenters. The Balaban J connectivity index is 1.37. The molecule has 2 aliphatic rings. The molecule has 3 heterocycles. The molecule has 138 valence electrons. The number of amides is 1. The Bertz CT molecular complexity index is 724. The van der Waals surface area contributed by atoms with Crippen LogP contribution in [0.3, 0.4) is 0 Å². The molecule has 1 unspecified atom stereocenters. The van der Waals surface area contributed by atoms with E-state index in [1.54, 1.807) is 6.20 Å². The SMILES string of the molecule is O=C(Nc1cnn(Cc2ccccc2)c1)C1CCCN1C1CCOCC1. The number of hydrogen-bond donors (Lipinski definition) is 1. The summed E-state index contributed by atoms with van der Waals surface area (Å²) in [4.78, 5) is 15.2. The first-order valence-electron chi connectivity index (χ1n) is 9.50. The van der Waals surface area contributed by atoms with Crippen molar-refractivity contribution in [2.75, 3.05) is 25.1 Å². The van der Waals surface area contributed by atoms with E-state index in [1.165, 1.54) is 5.56 Å². The lowest BCUT2D eigenvalue weighted by Gasteiger charge is -2.34. The molecule has 2 aliphatic heterocycles. The quantitative estimate of drug-likeness (QED) is 0.896. The molecule has 0 spiro atoms. The van der Waals surface area contributed by atoms with Crippen LogP contribution in [0.5, 0.6) is 0 Å². The summed E-state index contributed by atoms with van der Waals surface area (Å²) >= 11 is 0. The summed E-state index contributed by atoms with van der Waals surface area (Å²) in [7, 11) is 0. The van der Waals surface area contributed by atoms with Crippen molar-refractivity contribution in [1.29, 1.82) is 0 Å². The molecule has 1 aromatic heterocycles. The highest BCUT2D eigenvalue weighted by atomic mass is 16.5. The highest BCUT2D eigenvalue weighted by molar-refractivity contribution is 5.94. The first kappa shape index (κ1) is 17.2. The zero-order valence-electron chi connectivity index (χ0n) is 15.0. The third kappa shape index (κ3) is 3.97. The predicted molar refractivity (Wildman–Crippen MR) is 100.0 cm³/mol. The Morgan fingerprint density at radius 2 is 2.00 bits per heavy atom. The average molecular weight is 354 g/mol. The van der Waals surface area contributed by atoms with E-state index in [9.17, 15) is 4.79 Å². The molecule has 2 saturated heterocycles. The zero-order chi connectivity index (χ0) is 17.8.